The number of rotatable bonds is 5. The fourth-order valence-electron chi connectivity index (χ4n) is 2.16. The average molecular weight is 327 g/mol. The van der Waals surface area contributed by atoms with Gasteiger partial charge in [-0.15, -0.1) is 11.3 Å². The van der Waals surface area contributed by atoms with E-state index in [4.69, 9.17) is 0 Å². The maximum Gasteiger partial charge on any atom is 0.278 e. The number of phenols is 1. The van der Waals surface area contributed by atoms with E-state index in [0.29, 0.717) is 22.9 Å². The van der Waals surface area contributed by atoms with Crippen molar-refractivity contribution in [2.45, 2.75) is 6.54 Å². The van der Waals surface area contributed by atoms with E-state index in [1.807, 2.05) is 12.1 Å². The molecule has 3 rings (SSSR count). The second-order valence-electron chi connectivity index (χ2n) is 4.79. The maximum atomic E-state index is 11.1. The molecule has 116 valence electrons. The van der Waals surface area contributed by atoms with E-state index in [-0.39, 0.29) is 11.4 Å². The number of nitrogens with zero attached hydrogens (tertiary/aromatic N) is 2. The summed E-state index contributed by atoms with van der Waals surface area (Å²) in [6.45, 7) is 0.427. The summed E-state index contributed by atoms with van der Waals surface area (Å²) >= 11 is 1.36. The van der Waals surface area contributed by atoms with Crippen LogP contribution >= 0.6 is 11.3 Å². The third-order valence-corrected chi connectivity index (χ3v) is 4.10. The van der Waals surface area contributed by atoms with Crippen molar-refractivity contribution in [1.82, 2.24) is 4.98 Å². The SMILES string of the molecule is O=[N+]([O-])c1ccccc1-c1csc(NCc2ccccc2O)n1. The monoisotopic (exact) mass is 327 g/mol. The number of aromatic nitrogens is 1. The van der Waals surface area contributed by atoms with Gasteiger partial charge in [-0.3, -0.25) is 10.1 Å². The van der Waals surface area contributed by atoms with Crippen LogP contribution in [0, 0.1) is 10.1 Å². The first-order valence-electron chi connectivity index (χ1n) is 6.85. The van der Waals surface area contributed by atoms with Gasteiger partial charge in [-0.25, -0.2) is 4.98 Å². The van der Waals surface area contributed by atoms with Gasteiger partial charge in [-0.1, -0.05) is 30.3 Å². The largest absolute Gasteiger partial charge is 0.508 e. The number of nitro groups is 1. The summed E-state index contributed by atoms with van der Waals surface area (Å²) < 4.78 is 0. The third-order valence-electron chi connectivity index (χ3n) is 3.30. The molecule has 0 saturated carbocycles. The molecule has 2 aromatic carbocycles. The quantitative estimate of drug-likeness (QED) is 0.545. The van der Waals surface area contributed by atoms with Gasteiger partial charge in [0.2, 0.25) is 0 Å². The predicted octanol–water partition coefficient (Wildman–Crippen LogP) is 4.04. The van der Waals surface area contributed by atoms with Crippen LogP contribution in [-0.2, 0) is 6.54 Å². The van der Waals surface area contributed by atoms with Crippen LogP contribution in [0.25, 0.3) is 11.3 Å². The Morgan fingerprint density at radius 2 is 1.91 bits per heavy atom. The van der Waals surface area contributed by atoms with Gasteiger partial charge in [0.15, 0.2) is 5.13 Å². The van der Waals surface area contributed by atoms with E-state index in [9.17, 15) is 15.2 Å². The Morgan fingerprint density at radius 3 is 2.70 bits per heavy atom. The minimum Gasteiger partial charge on any atom is -0.508 e. The Bertz CT molecular complexity index is 848. The lowest BCUT2D eigenvalue weighted by atomic mass is 10.1. The standard InChI is InChI=1S/C16H13N3O3S/c20-15-8-4-1-5-11(15)9-17-16-18-13(10-23-16)12-6-2-3-7-14(12)19(21)22/h1-8,10,20H,9H2,(H,17,18). The van der Waals surface area contributed by atoms with Crippen LogP contribution in [0.5, 0.6) is 5.75 Å². The fourth-order valence-corrected chi connectivity index (χ4v) is 2.87. The van der Waals surface area contributed by atoms with Crippen molar-refractivity contribution in [1.29, 1.82) is 0 Å². The lowest BCUT2D eigenvalue weighted by Gasteiger charge is -2.04. The molecule has 0 fully saturated rings. The Morgan fingerprint density at radius 1 is 1.17 bits per heavy atom. The van der Waals surface area contributed by atoms with Gasteiger partial charge in [0, 0.05) is 23.6 Å². The Hall–Kier alpha value is -2.93. The van der Waals surface area contributed by atoms with Crippen LogP contribution in [0.2, 0.25) is 0 Å². The summed E-state index contributed by atoms with van der Waals surface area (Å²) in [5, 5.41) is 26.4. The fraction of sp³-hybridized carbons (Fsp3) is 0.0625. The van der Waals surface area contributed by atoms with Gasteiger partial charge in [0.05, 0.1) is 16.2 Å². The van der Waals surface area contributed by atoms with Crippen LogP contribution < -0.4 is 5.32 Å². The van der Waals surface area contributed by atoms with E-state index in [1.165, 1.54) is 17.4 Å². The van der Waals surface area contributed by atoms with Crippen molar-refractivity contribution in [2.24, 2.45) is 0 Å². The van der Waals surface area contributed by atoms with Crippen molar-refractivity contribution in [2.75, 3.05) is 5.32 Å². The summed E-state index contributed by atoms with van der Waals surface area (Å²) in [5.74, 6) is 0.218. The first-order chi connectivity index (χ1) is 11.1. The van der Waals surface area contributed by atoms with Crippen molar-refractivity contribution in [3.05, 3.63) is 69.6 Å². The van der Waals surface area contributed by atoms with Gasteiger partial charge in [-0.05, 0) is 12.1 Å². The number of phenolic OH excluding ortho intramolecular Hbond substituents is 1. The molecule has 6 nitrogen and oxygen atoms in total. The lowest BCUT2D eigenvalue weighted by molar-refractivity contribution is -0.384. The molecule has 0 aliphatic carbocycles. The van der Waals surface area contributed by atoms with E-state index in [2.05, 4.69) is 10.3 Å². The van der Waals surface area contributed by atoms with Crippen LogP contribution in [-0.4, -0.2) is 15.0 Å². The van der Waals surface area contributed by atoms with Crippen LogP contribution in [0.15, 0.2) is 53.9 Å². The van der Waals surface area contributed by atoms with E-state index in [0.717, 1.165) is 5.56 Å². The highest BCUT2D eigenvalue weighted by Crippen LogP contribution is 2.32. The van der Waals surface area contributed by atoms with Crippen LogP contribution in [0.4, 0.5) is 10.8 Å². The first-order valence-corrected chi connectivity index (χ1v) is 7.73. The number of hydrogen-bond donors (Lipinski definition) is 2. The minimum atomic E-state index is -0.413. The van der Waals surface area contributed by atoms with Crippen molar-refractivity contribution in [3.63, 3.8) is 0 Å². The molecule has 0 aliphatic heterocycles. The summed E-state index contributed by atoms with van der Waals surface area (Å²) in [6.07, 6.45) is 0. The number of thiazole rings is 1. The molecule has 0 amide bonds. The molecule has 3 aromatic rings. The molecule has 0 aliphatic rings. The number of anilines is 1. The second-order valence-corrected chi connectivity index (χ2v) is 5.65. The van der Waals surface area contributed by atoms with Gasteiger partial charge >= 0.3 is 0 Å². The zero-order valence-corrected chi connectivity index (χ0v) is 12.8. The number of nitrogens with one attached hydrogen (secondary N) is 1. The molecule has 0 saturated heterocycles. The topological polar surface area (TPSA) is 88.3 Å². The third kappa shape index (κ3) is 3.29. The zero-order chi connectivity index (χ0) is 16.2. The number of para-hydroxylation sites is 2. The number of aromatic hydroxyl groups is 1. The molecule has 2 N–H and O–H groups in total. The molecule has 0 atom stereocenters. The minimum absolute atomic E-state index is 0.0325. The summed E-state index contributed by atoms with van der Waals surface area (Å²) in [7, 11) is 0. The van der Waals surface area contributed by atoms with Crippen molar-refractivity contribution < 1.29 is 10.0 Å². The van der Waals surface area contributed by atoms with Gasteiger partial charge in [0.1, 0.15) is 5.75 Å². The Kier molecular flexibility index (Phi) is 4.20. The van der Waals surface area contributed by atoms with Gasteiger partial charge in [-0.2, -0.15) is 0 Å². The lowest BCUT2D eigenvalue weighted by Crippen LogP contribution is -1.99. The molecule has 0 unspecified atom stereocenters. The van der Waals surface area contributed by atoms with Crippen molar-refractivity contribution in [3.8, 4) is 17.0 Å². The molecule has 0 radical (unpaired) electrons. The summed E-state index contributed by atoms with van der Waals surface area (Å²) in [4.78, 5) is 15.1. The highest BCUT2D eigenvalue weighted by Gasteiger charge is 2.16. The van der Waals surface area contributed by atoms with E-state index in [1.54, 1.807) is 35.7 Å². The molecule has 23 heavy (non-hydrogen) atoms. The maximum absolute atomic E-state index is 11.1. The van der Waals surface area contributed by atoms with Crippen LogP contribution in [0.1, 0.15) is 5.56 Å². The zero-order valence-electron chi connectivity index (χ0n) is 12.0. The molecule has 1 heterocycles. The molecule has 0 bridgehead atoms. The molecule has 7 heteroatoms. The van der Waals surface area contributed by atoms with E-state index >= 15 is 0 Å². The normalized spacial score (nSPS) is 10.4. The summed E-state index contributed by atoms with van der Waals surface area (Å²) in [5.41, 5.74) is 1.84. The summed E-state index contributed by atoms with van der Waals surface area (Å²) in [6, 6.07) is 13.6. The molecular weight excluding hydrogens is 314 g/mol. The molecule has 0 spiro atoms. The smallest absolute Gasteiger partial charge is 0.278 e. The highest BCUT2D eigenvalue weighted by atomic mass is 32.1. The number of nitro benzene ring substituents is 1. The van der Waals surface area contributed by atoms with Gasteiger partial charge in [0.25, 0.3) is 5.69 Å². The van der Waals surface area contributed by atoms with E-state index < -0.39 is 4.92 Å². The molecule has 1 aromatic heterocycles. The predicted molar refractivity (Wildman–Crippen MR) is 89.6 cm³/mol. The number of hydrogen-bond acceptors (Lipinski definition) is 6. The second kappa shape index (κ2) is 6.45. The first kappa shape index (κ1) is 15.0. The Labute approximate surface area is 136 Å². The average Bonchev–Trinajstić information content (AvgIpc) is 3.03. The highest BCUT2D eigenvalue weighted by molar-refractivity contribution is 7.14. The van der Waals surface area contributed by atoms with Crippen LogP contribution in [0.3, 0.4) is 0 Å². The van der Waals surface area contributed by atoms with Gasteiger partial charge < -0.3 is 10.4 Å². The molecular formula is C16H13N3O3S. The van der Waals surface area contributed by atoms with Crippen molar-refractivity contribution >= 4 is 22.2 Å². The Balaban J connectivity index is 1.79. The number of benzene rings is 2.